The fourth-order valence-corrected chi connectivity index (χ4v) is 3.11. The molecule has 6 heteroatoms. The van der Waals surface area contributed by atoms with Crippen LogP contribution >= 0.6 is 0 Å². The third-order valence-electron chi connectivity index (χ3n) is 4.81. The van der Waals surface area contributed by atoms with Crippen molar-refractivity contribution in [1.82, 2.24) is 10.3 Å². The van der Waals surface area contributed by atoms with Gasteiger partial charge in [-0.1, -0.05) is 36.4 Å². The van der Waals surface area contributed by atoms with Gasteiger partial charge >= 0.3 is 0 Å². The highest BCUT2D eigenvalue weighted by Gasteiger charge is 2.14. The summed E-state index contributed by atoms with van der Waals surface area (Å²) in [7, 11) is 0. The van der Waals surface area contributed by atoms with Crippen LogP contribution in [0, 0.1) is 0 Å². The molecule has 0 saturated heterocycles. The zero-order valence-corrected chi connectivity index (χ0v) is 17.3. The number of carbonyl (C=O) groups excluding carboxylic acids is 2. The van der Waals surface area contributed by atoms with Gasteiger partial charge in [0.1, 0.15) is 5.82 Å². The lowest BCUT2D eigenvalue weighted by Gasteiger charge is -2.19. The number of amides is 2. The molecule has 3 aromatic rings. The molecule has 3 rings (SSSR count). The summed E-state index contributed by atoms with van der Waals surface area (Å²) in [6.07, 6.45) is 1.77. The average Bonchev–Trinajstić information content (AvgIpc) is 2.80. The molecule has 1 aromatic heterocycles. The Kier molecular flexibility index (Phi) is 7.16. The van der Waals surface area contributed by atoms with E-state index < -0.39 is 0 Å². The summed E-state index contributed by atoms with van der Waals surface area (Å²) in [5, 5.41) is 5.72. The van der Waals surface area contributed by atoms with Crippen LogP contribution in [-0.2, 0) is 6.54 Å². The molecule has 0 fully saturated rings. The van der Waals surface area contributed by atoms with Gasteiger partial charge in [0.15, 0.2) is 0 Å². The molecular formula is C24H26N4O2. The van der Waals surface area contributed by atoms with Crippen molar-refractivity contribution in [1.29, 1.82) is 0 Å². The molecule has 1 heterocycles. The molecule has 0 unspecified atom stereocenters. The van der Waals surface area contributed by atoms with Crippen molar-refractivity contribution in [3.05, 3.63) is 89.6 Å². The largest absolute Gasteiger partial charge is 0.357 e. The topological polar surface area (TPSA) is 74.3 Å². The van der Waals surface area contributed by atoms with Crippen LogP contribution in [0.5, 0.6) is 0 Å². The Bertz CT molecular complexity index is 984. The standard InChI is InChI=1S/C24H26N4O2/c1-3-28(4-2)22-15-14-18(16-25-22)17-26-24(30)20-12-8-9-13-21(20)27-23(29)19-10-6-5-7-11-19/h5-16H,3-4,17H2,1-2H3,(H,26,30)(H,27,29). The Morgan fingerprint density at radius 2 is 1.57 bits per heavy atom. The first-order valence-electron chi connectivity index (χ1n) is 10.1. The Morgan fingerprint density at radius 1 is 0.867 bits per heavy atom. The summed E-state index contributed by atoms with van der Waals surface area (Å²) in [5.41, 5.74) is 2.32. The van der Waals surface area contributed by atoms with E-state index in [0.29, 0.717) is 23.4 Å². The van der Waals surface area contributed by atoms with Crippen LogP contribution in [-0.4, -0.2) is 29.9 Å². The lowest BCUT2D eigenvalue weighted by molar-refractivity contribution is 0.0951. The van der Waals surface area contributed by atoms with Crippen molar-refractivity contribution in [2.75, 3.05) is 23.3 Å². The quantitative estimate of drug-likeness (QED) is 0.595. The van der Waals surface area contributed by atoms with Gasteiger partial charge in [-0.15, -0.1) is 0 Å². The third kappa shape index (κ3) is 5.23. The van der Waals surface area contributed by atoms with Crippen LogP contribution in [0.25, 0.3) is 0 Å². The number of hydrogen-bond acceptors (Lipinski definition) is 4. The summed E-state index contributed by atoms with van der Waals surface area (Å²) in [6.45, 7) is 6.32. The fraction of sp³-hybridized carbons (Fsp3) is 0.208. The maximum absolute atomic E-state index is 12.7. The van der Waals surface area contributed by atoms with Crippen molar-refractivity contribution >= 4 is 23.3 Å². The number of nitrogens with one attached hydrogen (secondary N) is 2. The number of anilines is 2. The Hall–Kier alpha value is -3.67. The fourth-order valence-electron chi connectivity index (χ4n) is 3.11. The van der Waals surface area contributed by atoms with Gasteiger partial charge in [-0.25, -0.2) is 4.98 Å². The first kappa shape index (κ1) is 21.0. The summed E-state index contributed by atoms with van der Waals surface area (Å²) in [6, 6.07) is 19.8. The Morgan fingerprint density at radius 3 is 2.23 bits per heavy atom. The molecule has 0 spiro atoms. The van der Waals surface area contributed by atoms with Crippen molar-refractivity contribution in [3.63, 3.8) is 0 Å². The lowest BCUT2D eigenvalue weighted by atomic mass is 10.1. The monoisotopic (exact) mass is 402 g/mol. The predicted octanol–water partition coefficient (Wildman–Crippen LogP) is 4.11. The molecule has 0 saturated carbocycles. The van der Waals surface area contributed by atoms with Crippen LogP contribution in [0.15, 0.2) is 72.9 Å². The van der Waals surface area contributed by atoms with E-state index in [1.165, 1.54) is 0 Å². The van der Waals surface area contributed by atoms with Gasteiger partial charge in [0.2, 0.25) is 0 Å². The van der Waals surface area contributed by atoms with Crippen LogP contribution in [0.2, 0.25) is 0 Å². The predicted molar refractivity (Wildman–Crippen MR) is 120 cm³/mol. The van der Waals surface area contributed by atoms with E-state index in [4.69, 9.17) is 0 Å². The molecule has 6 nitrogen and oxygen atoms in total. The molecule has 0 atom stereocenters. The van der Waals surface area contributed by atoms with E-state index in [0.717, 1.165) is 24.5 Å². The highest BCUT2D eigenvalue weighted by Crippen LogP contribution is 2.17. The maximum Gasteiger partial charge on any atom is 0.255 e. The lowest BCUT2D eigenvalue weighted by Crippen LogP contribution is -2.25. The zero-order chi connectivity index (χ0) is 21.3. The van der Waals surface area contributed by atoms with E-state index >= 15 is 0 Å². The number of rotatable bonds is 8. The first-order chi connectivity index (χ1) is 14.6. The minimum absolute atomic E-state index is 0.257. The number of carbonyl (C=O) groups is 2. The minimum Gasteiger partial charge on any atom is -0.357 e. The van der Waals surface area contributed by atoms with E-state index in [1.54, 1.807) is 54.7 Å². The van der Waals surface area contributed by atoms with Crippen LogP contribution < -0.4 is 15.5 Å². The van der Waals surface area contributed by atoms with Gasteiger partial charge in [-0.2, -0.15) is 0 Å². The van der Waals surface area contributed by atoms with Crippen LogP contribution in [0.1, 0.15) is 40.1 Å². The van der Waals surface area contributed by atoms with Crippen LogP contribution in [0.3, 0.4) is 0 Å². The number of aromatic nitrogens is 1. The summed E-state index contributed by atoms with van der Waals surface area (Å²) < 4.78 is 0. The Balaban J connectivity index is 1.65. The summed E-state index contributed by atoms with van der Waals surface area (Å²) >= 11 is 0. The van der Waals surface area contributed by atoms with E-state index in [-0.39, 0.29) is 11.8 Å². The summed E-state index contributed by atoms with van der Waals surface area (Å²) in [5.74, 6) is 0.405. The molecular weight excluding hydrogens is 376 g/mol. The van der Waals surface area contributed by atoms with E-state index in [2.05, 4.69) is 34.4 Å². The van der Waals surface area contributed by atoms with Crippen molar-refractivity contribution in [3.8, 4) is 0 Å². The molecule has 2 amide bonds. The number of hydrogen-bond donors (Lipinski definition) is 2. The SMILES string of the molecule is CCN(CC)c1ccc(CNC(=O)c2ccccc2NC(=O)c2ccccc2)cn1. The second-order valence-electron chi connectivity index (χ2n) is 6.75. The normalized spacial score (nSPS) is 10.3. The minimum atomic E-state index is -0.258. The maximum atomic E-state index is 12.7. The summed E-state index contributed by atoms with van der Waals surface area (Å²) in [4.78, 5) is 31.8. The molecule has 0 aliphatic rings. The van der Waals surface area contributed by atoms with Crippen molar-refractivity contribution in [2.24, 2.45) is 0 Å². The van der Waals surface area contributed by atoms with Gasteiger partial charge in [0, 0.05) is 31.4 Å². The van der Waals surface area contributed by atoms with Gasteiger partial charge < -0.3 is 15.5 Å². The number of benzene rings is 2. The van der Waals surface area contributed by atoms with E-state index in [1.807, 2.05) is 18.2 Å². The van der Waals surface area contributed by atoms with Gasteiger partial charge in [-0.3, -0.25) is 9.59 Å². The highest BCUT2D eigenvalue weighted by molar-refractivity contribution is 6.08. The highest BCUT2D eigenvalue weighted by atomic mass is 16.2. The van der Waals surface area contributed by atoms with E-state index in [9.17, 15) is 9.59 Å². The molecule has 2 aromatic carbocycles. The number of para-hydroxylation sites is 1. The van der Waals surface area contributed by atoms with Crippen LogP contribution in [0.4, 0.5) is 11.5 Å². The molecule has 0 radical (unpaired) electrons. The van der Waals surface area contributed by atoms with Crippen molar-refractivity contribution < 1.29 is 9.59 Å². The van der Waals surface area contributed by atoms with Gasteiger partial charge in [0.25, 0.3) is 11.8 Å². The molecule has 2 N–H and O–H groups in total. The first-order valence-corrected chi connectivity index (χ1v) is 10.1. The smallest absolute Gasteiger partial charge is 0.255 e. The molecule has 30 heavy (non-hydrogen) atoms. The van der Waals surface area contributed by atoms with Crippen molar-refractivity contribution in [2.45, 2.75) is 20.4 Å². The van der Waals surface area contributed by atoms with Gasteiger partial charge in [-0.05, 0) is 49.7 Å². The second kappa shape index (κ2) is 10.2. The third-order valence-corrected chi connectivity index (χ3v) is 4.81. The molecule has 0 aliphatic heterocycles. The van der Waals surface area contributed by atoms with Gasteiger partial charge in [0.05, 0.1) is 11.3 Å². The molecule has 0 bridgehead atoms. The molecule has 0 aliphatic carbocycles. The Labute approximate surface area is 177 Å². The second-order valence-corrected chi connectivity index (χ2v) is 6.75. The molecule has 154 valence electrons. The number of nitrogens with zero attached hydrogens (tertiary/aromatic N) is 2. The zero-order valence-electron chi connectivity index (χ0n) is 17.3. The number of pyridine rings is 1. The average molecular weight is 402 g/mol.